The number of halogens is 2. The van der Waals surface area contributed by atoms with Crippen LogP contribution >= 0.6 is 0 Å². The number of rotatable bonds is 2. The smallest absolute Gasteiger partial charge is 0.267 e. The molecule has 2 aliphatic carbocycles. The molecule has 0 saturated heterocycles. The van der Waals surface area contributed by atoms with Crippen LogP contribution in [-0.4, -0.2) is 11.6 Å². The maximum atomic E-state index is 13.2. The van der Waals surface area contributed by atoms with Crippen molar-refractivity contribution in [1.82, 2.24) is 5.43 Å². The molecule has 2 atom stereocenters. The van der Waals surface area contributed by atoms with Crippen LogP contribution in [0.2, 0.25) is 0 Å². The van der Waals surface area contributed by atoms with Gasteiger partial charge in [-0.3, -0.25) is 4.79 Å². The second-order valence-corrected chi connectivity index (χ2v) is 7.15. The molecule has 118 valence electrons. The minimum Gasteiger partial charge on any atom is -0.267 e. The van der Waals surface area contributed by atoms with Crippen LogP contribution in [0, 0.1) is 28.4 Å². The average molecular weight is 306 g/mol. The molecule has 0 radical (unpaired) electrons. The van der Waals surface area contributed by atoms with Crippen molar-refractivity contribution in [1.29, 1.82) is 0 Å². The van der Waals surface area contributed by atoms with E-state index in [1.165, 1.54) is 6.42 Å². The van der Waals surface area contributed by atoms with Gasteiger partial charge in [-0.15, -0.1) is 0 Å². The van der Waals surface area contributed by atoms with Crippen LogP contribution in [0.15, 0.2) is 23.3 Å². The number of carbonyl (C=O) groups excluding carboxylic acids is 1. The van der Waals surface area contributed by atoms with Crippen molar-refractivity contribution in [2.45, 2.75) is 40.0 Å². The van der Waals surface area contributed by atoms with Gasteiger partial charge in [0.15, 0.2) is 0 Å². The number of fused-ring (bicyclic) bond motifs is 2. The molecule has 22 heavy (non-hydrogen) atoms. The zero-order valence-corrected chi connectivity index (χ0v) is 13.0. The Morgan fingerprint density at radius 2 is 1.86 bits per heavy atom. The first-order valence-corrected chi connectivity index (χ1v) is 7.57. The van der Waals surface area contributed by atoms with Gasteiger partial charge in [0.1, 0.15) is 11.6 Å². The van der Waals surface area contributed by atoms with Gasteiger partial charge in [0, 0.05) is 22.8 Å². The molecule has 1 aromatic carbocycles. The van der Waals surface area contributed by atoms with E-state index in [9.17, 15) is 13.6 Å². The van der Waals surface area contributed by atoms with Crippen molar-refractivity contribution in [3.8, 4) is 0 Å². The van der Waals surface area contributed by atoms with Gasteiger partial charge in [0.25, 0.3) is 5.91 Å². The van der Waals surface area contributed by atoms with Crippen molar-refractivity contribution in [2.24, 2.45) is 21.8 Å². The predicted octanol–water partition coefficient (Wildman–Crippen LogP) is 3.90. The second kappa shape index (κ2) is 4.86. The van der Waals surface area contributed by atoms with Crippen LogP contribution in [0.25, 0.3) is 0 Å². The molecular weight excluding hydrogens is 286 g/mol. The fourth-order valence-corrected chi connectivity index (χ4v) is 3.97. The summed E-state index contributed by atoms with van der Waals surface area (Å²) in [6.45, 7) is 6.68. The molecule has 2 aliphatic rings. The molecule has 1 amide bonds. The number of hydrogen-bond donors (Lipinski definition) is 1. The molecule has 2 fully saturated rings. The van der Waals surface area contributed by atoms with E-state index in [0.29, 0.717) is 5.92 Å². The highest BCUT2D eigenvalue weighted by atomic mass is 19.1. The number of nitrogens with zero attached hydrogens (tertiary/aromatic N) is 1. The predicted molar refractivity (Wildman–Crippen MR) is 80.5 cm³/mol. The van der Waals surface area contributed by atoms with Crippen molar-refractivity contribution in [3.05, 3.63) is 35.4 Å². The number of carbonyl (C=O) groups is 1. The summed E-state index contributed by atoms with van der Waals surface area (Å²) >= 11 is 0. The summed E-state index contributed by atoms with van der Waals surface area (Å²) in [5.74, 6) is -1.55. The van der Waals surface area contributed by atoms with Crippen LogP contribution < -0.4 is 5.43 Å². The number of hydrazone groups is 1. The summed E-state index contributed by atoms with van der Waals surface area (Å²) in [6, 6.07) is 2.75. The Morgan fingerprint density at radius 1 is 1.23 bits per heavy atom. The van der Waals surface area contributed by atoms with Gasteiger partial charge in [-0.2, -0.15) is 5.10 Å². The highest BCUT2D eigenvalue weighted by Gasteiger charge is 2.59. The monoisotopic (exact) mass is 306 g/mol. The molecule has 0 heterocycles. The number of nitrogens with one attached hydrogen (secondary N) is 1. The van der Waals surface area contributed by atoms with Gasteiger partial charge in [0.05, 0.1) is 0 Å². The zero-order valence-electron chi connectivity index (χ0n) is 13.0. The highest BCUT2D eigenvalue weighted by Crippen LogP contribution is 2.63. The molecule has 3 nitrogen and oxygen atoms in total. The first kappa shape index (κ1) is 15.1. The minimum atomic E-state index is -0.772. The van der Waals surface area contributed by atoms with Gasteiger partial charge >= 0.3 is 0 Å². The third kappa shape index (κ3) is 2.14. The summed E-state index contributed by atoms with van der Waals surface area (Å²) in [5, 5.41) is 4.28. The molecule has 5 heteroatoms. The summed E-state index contributed by atoms with van der Waals surface area (Å²) in [6.07, 6.45) is 3.13. The zero-order chi connectivity index (χ0) is 16.1. The fraction of sp³-hybridized carbons (Fsp3) is 0.529. The van der Waals surface area contributed by atoms with Gasteiger partial charge in [0.2, 0.25) is 0 Å². The lowest BCUT2D eigenvalue weighted by atomic mass is 9.70. The molecule has 2 bridgehead atoms. The standard InChI is InChI=1S/C17H20F2N2O/c1-16(2)11-4-5-17(16,3)14(8-11)20-21-15(22)10-6-12(18)9-13(19)7-10/h6-7,9,11H,4-5,8H2,1-3H3,(H,21,22)/b20-14+/t11-,17+/m0/s1. The third-order valence-corrected chi connectivity index (χ3v) is 5.93. The molecule has 3 rings (SSSR count). The Bertz CT molecular complexity index is 648. The van der Waals surface area contributed by atoms with Gasteiger partial charge in [-0.1, -0.05) is 20.8 Å². The normalized spacial score (nSPS) is 30.8. The molecule has 0 aliphatic heterocycles. The van der Waals surface area contributed by atoms with Crippen molar-refractivity contribution in [3.63, 3.8) is 0 Å². The Hall–Kier alpha value is -1.78. The van der Waals surface area contributed by atoms with Gasteiger partial charge in [-0.25, -0.2) is 14.2 Å². The SMILES string of the molecule is CC1(C)[C@H]2CC[C@]1(C)/C(=N/NC(=O)c1cc(F)cc(F)c1)C2. The van der Waals surface area contributed by atoms with Gasteiger partial charge < -0.3 is 0 Å². The van der Waals surface area contributed by atoms with Gasteiger partial charge in [-0.05, 0) is 42.7 Å². The van der Waals surface area contributed by atoms with Crippen LogP contribution in [0.4, 0.5) is 8.78 Å². The van der Waals surface area contributed by atoms with E-state index >= 15 is 0 Å². The molecule has 1 N–H and O–H groups in total. The largest absolute Gasteiger partial charge is 0.271 e. The lowest BCUT2D eigenvalue weighted by Gasteiger charge is -2.34. The number of hydrogen-bond acceptors (Lipinski definition) is 2. The summed E-state index contributed by atoms with van der Waals surface area (Å²) in [5.41, 5.74) is 3.54. The Labute approximate surface area is 128 Å². The average Bonchev–Trinajstić information content (AvgIpc) is 2.76. The van der Waals surface area contributed by atoms with E-state index in [2.05, 4.69) is 31.3 Å². The summed E-state index contributed by atoms with van der Waals surface area (Å²) in [4.78, 5) is 12.0. The van der Waals surface area contributed by atoms with Crippen LogP contribution in [0.5, 0.6) is 0 Å². The first-order valence-electron chi connectivity index (χ1n) is 7.57. The van der Waals surface area contributed by atoms with Crippen LogP contribution in [-0.2, 0) is 0 Å². The minimum absolute atomic E-state index is 0.0157. The molecule has 0 aromatic heterocycles. The van der Waals surface area contributed by atoms with Crippen molar-refractivity contribution in [2.75, 3.05) is 0 Å². The van der Waals surface area contributed by atoms with E-state index < -0.39 is 17.5 Å². The second-order valence-electron chi connectivity index (χ2n) is 7.15. The lowest BCUT2D eigenvalue weighted by molar-refractivity contribution is 0.0953. The van der Waals surface area contributed by atoms with E-state index in [-0.39, 0.29) is 16.4 Å². The summed E-state index contributed by atoms with van der Waals surface area (Å²) < 4.78 is 26.3. The lowest BCUT2D eigenvalue weighted by Crippen LogP contribution is -2.34. The van der Waals surface area contributed by atoms with Crippen LogP contribution in [0.3, 0.4) is 0 Å². The topological polar surface area (TPSA) is 41.5 Å². The molecular formula is C17H20F2N2O. The van der Waals surface area contributed by atoms with E-state index in [1.54, 1.807) is 0 Å². The highest BCUT2D eigenvalue weighted by molar-refractivity contribution is 5.98. The van der Waals surface area contributed by atoms with Crippen molar-refractivity contribution >= 4 is 11.6 Å². The Kier molecular flexibility index (Phi) is 3.34. The third-order valence-electron chi connectivity index (χ3n) is 5.93. The fourth-order valence-electron chi connectivity index (χ4n) is 3.97. The maximum absolute atomic E-state index is 13.2. The van der Waals surface area contributed by atoms with E-state index in [4.69, 9.17) is 0 Å². The molecule has 2 saturated carbocycles. The number of amides is 1. The van der Waals surface area contributed by atoms with Crippen molar-refractivity contribution < 1.29 is 13.6 Å². The molecule has 0 spiro atoms. The maximum Gasteiger partial charge on any atom is 0.271 e. The van der Waals surface area contributed by atoms with E-state index in [0.717, 1.165) is 36.8 Å². The number of benzene rings is 1. The Morgan fingerprint density at radius 3 is 2.36 bits per heavy atom. The quantitative estimate of drug-likeness (QED) is 0.827. The Balaban J connectivity index is 1.79. The van der Waals surface area contributed by atoms with E-state index in [1.807, 2.05) is 0 Å². The summed E-state index contributed by atoms with van der Waals surface area (Å²) in [7, 11) is 0. The molecule has 0 unspecified atom stereocenters. The first-order chi connectivity index (χ1) is 10.2. The molecule has 1 aromatic rings. The van der Waals surface area contributed by atoms with Crippen LogP contribution in [0.1, 0.15) is 50.4 Å².